The van der Waals surface area contributed by atoms with Crippen LogP contribution in [0.4, 0.5) is 0 Å². The van der Waals surface area contributed by atoms with Crippen LogP contribution in [0.2, 0.25) is 0 Å². The average molecular weight is 401 g/mol. The molecule has 8 atom stereocenters. The number of hydrogen-bond acceptors (Lipinski definition) is 4. The highest BCUT2D eigenvalue weighted by Gasteiger charge is 2.68. The number of Topliss-reactive ketones (excluding diaryl/α,β-unsaturated/α-hetero) is 1. The van der Waals surface area contributed by atoms with Gasteiger partial charge in [-0.2, -0.15) is 0 Å². The molecule has 0 aromatic rings. The molecule has 0 aliphatic heterocycles. The minimum atomic E-state index is -0.569. The van der Waals surface area contributed by atoms with Crippen molar-refractivity contribution in [3.63, 3.8) is 0 Å². The maximum Gasteiger partial charge on any atom is 0.146 e. The Morgan fingerprint density at radius 3 is 2.41 bits per heavy atom. The maximum atomic E-state index is 13.7. The van der Waals surface area contributed by atoms with Gasteiger partial charge in [-0.3, -0.25) is 4.79 Å². The first-order chi connectivity index (χ1) is 12.7. The van der Waals surface area contributed by atoms with Gasteiger partial charge >= 0.3 is 0 Å². The van der Waals surface area contributed by atoms with Crippen LogP contribution in [0.5, 0.6) is 0 Å². The number of rotatable bonds is 5. The molecule has 4 nitrogen and oxygen atoms in total. The molecular weight excluding hydrogens is 364 g/mol. The van der Waals surface area contributed by atoms with E-state index < -0.39 is 5.41 Å². The van der Waals surface area contributed by atoms with Crippen molar-refractivity contribution in [3.05, 3.63) is 0 Å². The van der Waals surface area contributed by atoms with Gasteiger partial charge in [0.25, 0.3) is 0 Å². The summed E-state index contributed by atoms with van der Waals surface area (Å²) in [5.74, 6) is 1.46. The van der Waals surface area contributed by atoms with E-state index in [1.807, 2.05) is 14.0 Å². The largest absolute Gasteiger partial charge is 0.381 e. The molecule has 0 spiro atoms. The summed E-state index contributed by atoms with van der Waals surface area (Å²) in [7, 11) is 3.48. The molecule has 5 heteroatoms. The van der Waals surface area contributed by atoms with Crippen LogP contribution in [0, 0.1) is 34.0 Å². The zero-order valence-corrected chi connectivity index (χ0v) is 18.6. The monoisotopic (exact) mass is 400 g/mol. The first-order valence-corrected chi connectivity index (χ1v) is 11.0. The van der Waals surface area contributed by atoms with Crippen LogP contribution in [0.25, 0.3) is 0 Å². The van der Waals surface area contributed by atoms with E-state index in [0.29, 0.717) is 29.9 Å². The number of carbonyl (C=O) groups is 1. The van der Waals surface area contributed by atoms with Crippen LogP contribution < -0.4 is 0 Å². The van der Waals surface area contributed by atoms with Gasteiger partial charge in [0.15, 0.2) is 0 Å². The lowest BCUT2D eigenvalue weighted by Gasteiger charge is -2.62. The van der Waals surface area contributed by atoms with Gasteiger partial charge in [-0.05, 0) is 49.4 Å². The maximum absolute atomic E-state index is 13.7. The standard InChI is InChI=1S/C22H37ClO4/c1-14-7-9-22-10-8-16(26-6)18(22)21(14,4)17(27-13-25-5)11-20(3,12-23)19(24)15(22)2/h14-18H,7-13H2,1-6H3/t14-,15+,16-,17-,18-,20+,21+,22+/m1/s1. The van der Waals surface area contributed by atoms with Gasteiger partial charge in [-0.25, -0.2) is 0 Å². The lowest BCUT2D eigenvalue weighted by molar-refractivity contribution is -0.218. The number of carbonyl (C=O) groups excluding carboxylic acids is 1. The normalized spacial score (nSPS) is 50.2. The predicted octanol–water partition coefficient (Wildman–Crippen LogP) is 4.68. The summed E-state index contributed by atoms with van der Waals surface area (Å²) in [6.45, 7) is 9.16. The molecule has 156 valence electrons. The van der Waals surface area contributed by atoms with Crippen molar-refractivity contribution in [3.8, 4) is 0 Å². The Morgan fingerprint density at radius 2 is 1.81 bits per heavy atom. The molecule has 0 aromatic carbocycles. The fraction of sp³-hybridized carbons (Fsp3) is 0.955. The second-order valence-corrected chi connectivity index (χ2v) is 10.1. The van der Waals surface area contributed by atoms with Gasteiger partial charge in [-0.15, -0.1) is 11.6 Å². The van der Waals surface area contributed by atoms with E-state index in [9.17, 15) is 4.79 Å². The highest BCUT2D eigenvalue weighted by Crippen LogP contribution is 2.68. The Labute approximate surface area is 169 Å². The predicted molar refractivity (Wildman–Crippen MR) is 107 cm³/mol. The third kappa shape index (κ3) is 3.01. The van der Waals surface area contributed by atoms with Gasteiger partial charge in [0, 0.05) is 36.8 Å². The number of halogens is 1. The van der Waals surface area contributed by atoms with Crippen molar-refractivity contribution in [2.24, 2.45) is 34.0 Å². The quantitative estimate of drug-likeness (QED) is 0.496. The highest BCUT2D eigenvalue weighted by molar-refractivity contribution is 6.20. The van der Waals surface area contributed by atoms with Gasteiger partial charge in [0.2, 0.25) is 0 Å². The number of hydrogen-bond donors (Lipinski definition) is 0. The Balaban J connectivity index is 2.18. The Morgan fingerprint density at radius 1 is 1.15 bits per heavy atom. The lowest BCUT2D eigenvalue weighted by Crippen LogP contribution is -2.63. The molecule has 3 aliphatic rings. The van der Waals surface area contributed by atoms with Crippen LogP contribution in [-0.4, -0.2) is 44.9 Å². The Hall–Kier alpha value is -0.160. The third-order valence-corrected chi connectivity index (χ3v) is 9.42. The van der Waals surface area contributed by atoms with Gasteiger partial charge in [-0.1, -0.05) is 27.7 Å². The first-order valence-electron chi connectivity index (χ1n) is 10.4. The zero-order chi connectivity index (χ0) is 20.0. The van der Waals surface area contributed by atoms with Crippen LogP contribution in [0.15, 0.2) is 0 Å². The molecule has 3 aliphatic carbocycles. The third-order valence-electron chi connectivity index (χ3n) is 8.83. The van der Waals surface area contributed by atoms with E-state index >= 15 is 0 Å². The van der Waals surface area contributed by atoms with Gasteiger partial charge < -0.3 is 14.2 Å². The molecule has 0 N–H and O–H groups in total. The van der Waals surface area contributed by atoms with E-state index in [-0.39, 0.29) is 35.7 Å². The Bertz CT molecular complexity index is 569. The second kappa shape index (κ2) is 7.59. The fourth-order valence-electron chi connectivity index (χ4n) is 7.00. The van der Waals surface area contributed by atoms with E-state index in [4.69, 9.17) is 25.8 Å². The van der Waals surface area contributed by atoms with Crippen LogP contribution in [-0.2, 0) is 19.0 Å². The molecule has 3 fully saturated rings. The van der Waals surface area contributed by atoms with Crippen molar-refractivity contribution in [2.45, 2.75) is 72.0 Å². The molecule has 0 saturated heterocycles. The SMILES string of the molecule is COCO[C@@H]1C[C@@](C)(CCl)C(=O)[C@H](C)[C@@]23CC[C@@H](C)[C@]1(C)[C@H]2[C@H](OC)CC3. The van der Waals surface area contributed by atoms with E-state index in [0.717, 1.165) is 25.7 Å². The number of ketones is 1. The van der Waals surface area contributed by atoms with Gasteiger partial charge in [0.05, 0.1) is 12.2 Å². The number of alkyl halides is 1. The topological polar surface area (TPSA) is 44.8 Å². The van der Waals surface area contributed by atoms with Crippen LogP contribution >= 0.6 is 11.6 Å². The van der Waals surface area contributed by atoms with Crippen LogP contribution in [0.3, 0.4) is 0 Å². The molecule has 0 unspecified atom stereocenters. The van der Waals surface area contributed by atoms with E-state index in [1.165, 1.54) is 0 Å². The van der Waals surface area contributed by atoms with Crippen molar-refractivity contribution in [1.82, 2.24) is 0 Å². The lowest BCUT2D eigenvalue weighted by atomic mass is 9.44. The average Bonchev–Trinajstić information content (AvgIpc) is 3.07. The summed E-state index contributed by atoms with van der Waals surface area (Å²) in [6, 6.07) is 0. The fourth-order valence-corrected chi connectivity index (χ4v) is 7.24. The molecular formula is C22H37ClO4. The van der Waals surface area contributed by atoms with Crippen molar-refractivity contribution in [2.75, 3.05) is 26.9 Å². The molecule has 0 radical (unpaired) electrons. The minimum absolute atomic E-state index is 0.00148. The first kappa shape index (κ1) is 21.5. The summed E-state index contributed by atoms with van der Waals surface area (Å²) < 4.78 is 17.6. The highest BCUT2D eigenvalue weighted by atomic mass is 35.5. The molecule has 0 aromatic heterocycles. The van der Waals surface area contributed by atoms with E-state index in [1.54, 1.807) is 7.11 Å². The Kier molecular flexibility index (Phi) is 6.06. The molecule has 3 rings (SSSR count). The summed E-state index contributed by atoms with van der Waals surface area (Å²) in [5.41, 5.74) is -0.654. The second-order valence-electron chi connectivity index (χ2n) is 9.88. The summed E-state index contributed by atoms with van der Waals surface area (Å²) >= 11 is 6.41. The van der Waals surface area contributed by atoms with Crippen LogP contribution in [0.1, 0.15) is 59.8 Å². The summed E-state index contributed by atoms with van der Waals surface area (Å²) in [5, 5.41) is 0. The minimum Gasteiger partial charge on any atom is -0.381 e. The summed E-state index contributed by atoms with van der Waals surface area (Å²) in [6.07, 6.45) is 5.06. The molecule has 27 heavy (non-hydrogen) atoms. The van der Waals surface area contributed by atoms with E-state index in [2.05, 4.69) is 20.8 Å². The zero-order valence-electron chi connectivity index (χ0n) is 17.8. The smallest absolute Gasteiger partial charge is 0.146 e. The molecule has 0 amide bonds. The summed E-state index contributed by atoms with van der Waals surface area (Å²) in [4.78, 5) is 13.7. The van der Waals surface area contributed by atoms with Crippen molar-refractivity contribution < 1.29 is 19.0 Å². The van der Waals surface area contributed by atoms with Crippen molar-refractivity contribution >= 4 is 17.4 Å². The van der Waals surface area contributed by atoms with Gasteiger partial charge in [0.1, 0.15) is 12.6 Å². The molecule has 0 heterocycles. The number of ether oxygens (including phenoxy) is 3. The van der Waals surface area contributed by atoms with Crippen molar-refractivity contribution in [1.29, 1.82) is 0 Å². The molecule has 2 bridgehead atoms. The number of methoxy groups -OCH3 is 2. The molecule has 3 saturated carbocycles.